The van der Waals surface area contributed by atoms with Crippen molar-refractivity contribution in [2.45, 2.75) is 51.1 Å². The molecule has 0 bridgehead atoms. The first-order valence-electron chi connectivity index (χ1n) is 8.62. The number of fused-ring (bicyclic) bond motifs is 2. The van der Waals surface area contributed by atoms with E-state index in [1.165, 1.54) is 18.7 Å². The second kappa shape index (κ2) is 7.01. The van der Waals surface area contributed by atoms with E-state index in [9.17, 15) is 8.42 Å². The van der Waals surface area contributed by atoms with Crippen LogP contribution in [0, 0.1) is 0 Å². The van der Waals surface area contributed by atoms with Crippen LogP contribution >= 0.6 is 11.6 Å². The molecule has 0 radical (unpaired) electrons. The van der Waals surface area contributed by atoms with Crippen LogP contribution in [0.5, 0.6) is 0 Å². The van der Waals surface area contributed by atoms with Crippen LogP contribution in [0.25, 0.3) is 11.2 Å². The molecule has 2 aromatic heterocycles. The molecule has 0 spiro atoms. The Balaban J connectivity index is 1.69. The van der Waals surface area contributed by atoms with Gasteiger partial charge < -0.3 is 14.2 Å². The van der Waals surface area contributed by atoms with E-state index in [1.54, 1.807) is 25.3 Å². The first kappa shape index (κ1) is 19.7. The monoisotopic (exact) mass is 430 g/mol. The summed E-state index contributed by atoms with van der Waals surface area (Å²) >= 11 is 6.08. The molecule has 2 saturated heterocycles. The lowest BCUT2D eigenvalue weighted by atomic mass is 10.1. The zero-order valence-electron chi connectivity index (χ0n) is 15.4. The quantitative estimate of drug-likeness (QED) is 0.517. The summed E-state index contributed by atoms with van der Waals surface area (Å²) in [5.74, 6) is -0.856. The van der Waals surface area contributed by atoms with Crippen molar-refractivity contribution < 1.29 is 26.8 Å². The molecule has 152 valence electrons. The Bertz CT molecular complexity index is 1020. The SMILES string of the molecule is CCOS(=O)(=O)/C=C/[C@H]1O[C@@H](n2cnc3c(Cl)ncnc32)[C@@H]2OC(C)(C)O[C@@H]21. The number of ether oxygens (including phenoxy) is 3. The van der Waals surface area contributed by atoms with Crippen LogP contribution < -0.4 is 0 Å². The lowest BCUT2D eigenvalue weighted by Crippen LogP contribution is -2.28. The zero-order chi connectivity index (χ0) is 20.1. The van der Waals surface area contributed by atoms with Gasteiger partial charge in [0, 0.05) is 0 Å². The van der Waals surface area contributed by atoms with Crippen molar-refractivity contribution in [1.29, 1.82) is 0 Å². The third-order valence-electron chi connectivity index (χ3n) is 4.37. The number of rotatable bonds is 5. The molecular formula is C16H19ClN4O6S. The van der Waals surface area contributed by atoms with Crippen molar-refractivity contribution in [3.8, 4) is 0 Å². The maximum absolute atomic E-state index is 11.8. The number of aromatic nitrogens is 4. The minimum absolute atomic E-state index is 0.0427. The number of hydrogen-bond acceptors (Lipinski definition) is 9. The Morgan fingerprint density at radius 3 is 2.79 bits per heavy atom. The third kappa shape index (κ3) is 3.53. The number of nitrogens with zero attached hydrogens (tertiary/aromatic N) is 4. The lowest BCUT2D eigenvalue weighted by Gasteiger charge is -2.23. The summed E-state index contributed by atoms with van der Waals surface area (Å²) in [6, 6.07) is 0. The van der Waals surface area contributed by atoms with Crippen LogP contribution in [0.1, 0.15) is 27.0 Å². The maximum Gasteiger partial charge on any atom is 0.289 e. The molecule has 12 heteroatoms. The van der Waals surface area contributed by atoms with Gasteiger partial charge in [-0.2, -0.15) is 8.42 Å². The fraction of sp³-hybridized carbons (Fsp3) is 0.562. The summed E-state index contributed by atoms with van der Waals surface area (Å²) in [5, 5.41) is 1.20. The van der Waals surface area contributed by atoms with Gasteiger partial charge in [-0.15, -0.1) is 0 Å². The van der Waals surface area contributed by atoms with Gasteiger partial charge >= 0.3 is 0 Å². The Labute approximate surface area is 166 Å². The summed E-state index contributed by atoms with van der Waals surface area (Å²) in [7, 11) is -3.80. The van der Waals surface area contributed by atoms with Crippen LogP contribution in [0.15, 0.2) is 24.1 Å². The molecular weight excluding hydrogens is 412 g/mol. The summed E-state index contributed by atoms with van der Waals surface area (Å²) in [4.78, 5) is 12.4. The fourth-order valence-corrected chi connectivity index (χ4v) is 4.30. The first-order valence-corrected chi connectivity index (χ1v) is 10.5. The number of imidazole rings is 1. The molecule has 2 fully saturated rings. The van der Waals surface area contributed by atoms with Gasteiger partial charge in [0.15, 0.2) is 22.8 Å². The highest BCUT2D eigenvalue weighted by atomic mass is 35.5. The molecule has 4 rings (SSSR count). The standard InChI is InChI=1S/C16H19ClN4O6S/c1-4-24-28(22,23)6-5-9-11-12(27-16(2,3)26-11)15(25-9)21-8-20-10-13(17)18-7-19-14(10)21/h5-9,11-12,15H,4H2,1-3H3/b6-5+/t9-,11-,12-,15-/m1/s1. The maximum atomic E-state index is 11.8. The largest absolute Gasteiger partial charge is 0.345 e. The first-order chi connectivity index (χ1) is 13.2. The van der Waals surface area contributed by atoms with Gasteiger partial charge in [0.2, 0.25) is 0 Å². The topological polar surface area (TPSA) is 115 Å². The molecule has 2 aromatic rings. The molecule has 2 aliphatic rings. The summed E-state index contributed by atoms with van der Waals surface area (Å²) < 4.78 is 48.1. The lowest BCUT2D eigenvalue weighted by molar-refractivity contribution is -0.191. The van der Waals surface area contributed by atoms with E-state index in [1.807, 2.05) is 0 Å². The highest BCUT2D eigenvalue weighted by Crippen LogP contribution is 2.44. The van der Waals surface area contributed by atoms with Crippen LogP contribution in [-0.4, -0.2) is 58.6 Å². The van der Waals surface area contributed by atoms with Crippen molar-refractivity contribution in [3.05, 3.63) is 29.3 Å². The average molecular weight is 431 g/mol. The molecule has 0 amide bonds. The van der Waals surface area contributed by atoms with E-state index in [-0.39, 0.29) is 11.8 Å². The Kier molecular flexibility index (Phi) is 4.92. The summed E-state index contributed by atoms with van der Waals surface area (Å²) in [5.41, 5.74) is 0.907. The van der Waals surface area contributed by atoms with E-state index >= 15 is 0 Å². The minimum Gasteiger partial charge on any atom is -0.345 e. The molecule has 0 unspecified atom stereocenters. The highest BCUT2D eigenvalue weighted by molar-refractivity contribution is 7.89. The van der Waals surface area contributed by atoms with Gasteiger partial charge in [0.1, 0.15) is 30.2 Å². The van der Waals surface area contributed by atoms with Crippen molar-refractivity contribution in [2.75, 3.05) is 6.61 Å². The molecule has 0 saturated carbocycles. The van der Waals surface area contributed by atoms with Gasteiger partial charge in [-0.05, 0) is 26.8 Å². The van der Waals surface area contributed by atoms with Gasteiger partial charge in [-0.1, -0.05) is 11.6 Å². The molecule has 10 nitrogen and oxygen atoms in total. The van der Waals surface area contributed by atoms with Crippen LogP contribution in [0.4, 0.5) is 0 Å². The minimum atomic E-state index is -3.80. The zero-order valence-corrected chi connectivity index (χ0v) is 16.9. The predicted octanol–water partition coefficient (Wildman–Crippen LogP) is 1.78. The third-order valence-corrected chi connectivity index (χ3v) is 5.70. The summed E-state index contributed by atoms with van der Waals surface area (Å²) in [6.45, 7) is 5.20. The summed E-state index contributed by atoms with van der Waals surface area (Å²) in [6.07, 6.45) is 1.90. The van der Waals surface area contributed by atoms with E-state index in [0.29, 0.717) is 11.2 Å². The van der Waals surface area contributed by atoms with Gasteiger partial charge in [-0.3, -0.25) is 8.75 Å². The van der Waals surface area contributed by atoms with Crippen LogP contribution in [-0.2, 0) is 28.5 Å². The predicted molar refractivity (Wildman–Crippen MR) is 97.8 cm³/mol. The Hall–Kier alpha value is -1.63. The van der Waals surface area contributed by atoms with Gasteiger partial charge in [-0.25, -0.2) is 15.0 Å². The highest BCUT2D eigenvalue weighted by Gasteiger charge is 2.55. The van der Waals surface area contributed by atoms with E-state index < -0.39 is 40.4 Å². The molecule has 4 heterocycles. The fourth-order valence-electron chi connectivity index (χ4n) is 3.37. The van der Waals surface area contributed by atoms with Crippen molar-refractivity contribution in [2.24, 2.45) is 0 Å². The second-order valence-corrected chi connectivity index (χ2v) is 8.62. The molecule has 0 N–H and O–H groups in total. The van der Waals surface area contributed by atoms with E-state index in [2.05, 4.69) is 15.0 Å². The van der Waals surface area contributed by atoms with E-state index in [0.717, 1.165) is 5.41 Å². The van der Waals surface area contributed by atoms with Crippen molar-refractivity contribution in [3.63, 3.8) is 0 Å². The second-order valence-electron chi connectivity index (χ2n) is 6.77. The van der Waals surface area contributed by atoms with Crippen molar-refractivity contribution in [1.82, 2.24) is 19.5 Å². The smallest absolute Gasteiger partial charge is 0.289 e. The van der Waals surface area contributed by atoms with Crippen LogP contribution in [0.2, 0.25) is 5.15 Å². The van der Waals surface area contributed by atoms with Gasteiger partial charge in [0.25, 0.3) is 10.1 Å². The van der Waals surface area contributed by atoms with Crippen LogP contribution in [0.3, 0.4) is 0 Å². The number of hydrogen-bond donors (Lipinski definition) is 0. The molecule has 28 heavy (non-hydrogen) atoms. The average Bonchev–Trinajstić information content (AvgIpc) is 3.25. The normalized spacial score (nSPS) is 29.7. The number of halogens is 1. The Morgan fingerprint density at radius 2 is 2.04 bits per heavy atom. The molecule has 0 aromatic carbocycles. The Morgan fingerprint density at radius 1 is 1.29 bits per heavy atom. The van der Waals surface area contributed by atoms with Gasteiger partial charge in [0.05, 0.1) is 18.3 Å². The van der Waals surface area contributed by atoms with E-state index in [4.69, 9.17) is 30.0 Å². The molecule has 4 atom stereocenters. The van der Waals surface area contributed by atoms with Crippen molar-refractivity contribution >= 4 is 32.9 Å². The molecule has 0 aliphatic carbocycles. The molecule has 2 aliphatic heterocycles.